The van der Waals surface area contributed by atoms with E-state index in [2.05, 4.69) is 166 Å². The lowest BCUT2D eigenvalue weighted by molar-refractivity contribution is 0.590. The lowest BCUT2D eigenvalue weighted by Crippen LogP contribution is -2.58. The van der Waals surface area contributed by atoms with Gasteiger partial charge in [-0.3, -0.25) is 0 Å². The zero-order chi connectivity index (χ0) is 32.7. The fourth-order valence-electron chi connectivity index (χ4n) is 8.88. The zero-order valence-electron chi connectivity index (χ0n) is 28.3. The number of para-hydroxylation sites is 4. The molecule has 0 N–H and O–H groups in total. The summed E-state index contributed by atoms with van der Waals surface area (Å²) in [6, 6.07) is 42.7. The van der Waals surface area contributed by atoms with Crippen LogP contribution < -0.4 is 15.8 Å². The molecule has 3 nitrogen and oxygen atoms in total. The van der Waals surface area contributed by atoms with E-state index in [0.29, 0.717) is 0 Å². The van der Waals surface area contributed by atoms with Crippen molar-refractivity contribution in [3.63, 3.8) is 0 Å². The second-order valence-corrected chi connectivity index (χ2v) is 15.7. The molecule has 10 rings (SSSR count). The van der Waals surface area contributed by atoms with E-state index in [1.807, 2.05) is 0 Å². The standard InChI is InChI=1S/C44H37BN2O/c1-43(2,3)32-19-9-11-22-35(32)46-36-23-14-20-33(44(4,5)6)39(36)45-38-30(25-31-27-16-8-12-24-37(27)48-42(31)41(38)46)29-18-13-17-28-26-15-7-10-21-34(26)47(45)40(28)29/h7-25H,1-6H3. The molecule has 0 fully saturated rings. The van der Waals surface area contributed by atoms with Gasteiger partial charge in [0, 0.05) is 49.5 Å². The van der Waals surface area contributed by atoms with Gasteiger partial charge in [-0.1, -0.05) is 126 Å². The first-order valence-corrected chi connectivity index (χ1v) is 17.2. The second kappa shape index (κ2) is 9.23. The molecule has 0 radical (unpaired) electrons. The van der Waals surface area contributed by atoms with Crippen LogP contribution in [-0.2, 0) is 10.8 Å². The Labute approximate surface area is 281 Å². The van der Waals surface area contributed by atoms with Crippen molar-refractivity contribution < 1.29 is 4.42 Å². The quantitative estimate of drug-likeness (QED) is 0.170. The molecule has 0 atom stereocenters. The lowest BCUT2D eigenvalue weighted by atomic mass is 9.43. The molecule has 0 saturated heterocycles. The van der Waals surface area contributed by atoms with Gasteiger partial charge in [-0.05, 0) is 68.8 Å². The predicted molar refractivity (Wildman–Crippen MR) is 205 cm³/mol. The van der Waals surface area contributed by atoms with E-state index in [-0.39, 0.29) is 17.7 Å². The monoisotopic (exact) mass is 620 g/mol. The van der Waals surface area contributed by atoms with Gasteiger partial charge in [-0.2, -0.15) is 0 Å². The lowest BCUT2D eigenvalue weighted by Gasteiger charge is -2.43. The molecule has 2 aromatic heterocycles. The van der Waals surface area contributed by atoms with E-state index in [0.717, 1.165) is 27.6 Å². The minimum absolute atomic E-state index is 0.0339. The number of hydrogen-bond acceptors (Lipinski definition) is 2. The molecule has 0 bridgehead atoms. The molecule has 0 spiro atoms. The SMILES string of the molecule is CC(C)(C)c1ccccc1N1c2cccc(C(C)(C)C)c2B2c3c(cc4c(oc5ccccc54)c31)-c1cccc3c4ccccc4n2c13. The van der Waals surface area contributed by atoms with Gasteiger partial charge in [0.1, 0.15) is 5.58 Å². The Morgan fingerprint density at radius 3 is 2.00 bits per heavy atom. The van der Waals surface area contributed by atoms with Gasteiger partial charge >= 0.3 is 6.85 Å². The van der Waals surface area contributed by atoms with Crippen molar-refractivity contribution in [2.24, 2.45) is 0 Å². The van der Waals surface area contributed by atoms with E-state index >= 15 is 0 Å². The third-order valence-corrected chi connectivity index (χ3v) is 10.8. The molecule has 48 heavy (non-hydrogen) atoms. The van der Waals surface area contributed by atoms with Gasteiger partial charge in [0.2, 0.25) is 0 Å². The zero-order valence-corrected chi connectivity index (χ0v) is 28.3. The highest BCUT2D eigenvalue weighted by atomic mass is 16.3. The number of fused-ring (bicyclic) bond motifs is 11. The average molecular weight is 621 g/mol. The van der Waals surface area contributed by atoms with Crippen LogP contribution in [0, 0.1) is 0 Å². The Morgan fingerprint density at radius 2 is 1.19 bits per heavy atom. The van der Waals surface area contributed by atoms with Gasteiger partial charge in [0.25, 0.3) is 0 Å². The maximum atomic E-state index is 6.99. The van der Waals surface area contributed by atoms with Crippen LogP contribution in [0.5, 0.6) is 0 Å². The minimum atomic E-state index is -0.0826. The summed E-state index contributed by atoms with van der Waals surface area (Å²) >= 11 is 0. The second-order valence-electron chi connectivity index (χ2n) is 15.7. The molecule has 0 saturated carbocycles. The summed E-state index contributed by atoms with van der Waals surface area (Å²) in [5.41, 5.74) is 15.8. The number of hydrogen-bond donors (Lipinski definition) is 0. The Hall–Kier alpha value is -5.22. The minimum Gasteiger partial charge on any atom is -0.454 e. The largest absolute Gasteiger partial charge is 0.454 e. The first kappa shape index (κ1) is 27.9. The highest BCUT2D eigenvalue weighted by Gasteiger charge is 2.47. The number of aromatic nitrogens is 1. The average Bonchev–Trinajstić information content (AvgIpc) is 3.62. The molecule has 4 heteroatoms. The molecule has 8 aromatic rings. The van der Waals surface area contributed by atoms with Crippen LogP contribution in [0.4, 0.5) is 17.1 Å². The third-order valence-electron chi connectivity index (χ3n) is 10.8. The number of rotatable bonds is 1. The normalized spacial score (nSPS) is 14.0. The van der Waals surface area contributed by atoms with Crippen LogP contribution in [0.2, 0.25) is 0 Å². The van der Waals surface area contributed by atoms with Crippen molar-refractivity contribution in [1.29, 1.82) is 0 Å². The van der Waals surface area contributed by atoms with Crippen LogP contribution in [0.3, 0.4) is 0 Å². The van der Waals surface area contributed by atoms with Gasteiger partial charge in [0.05, 0.1) is 5.69 Å². The van der Waals surface area contributed by atoms with Crippen molar-refractivity contribution in [2.45, 2.75) is 52.4 Å². The first-order valence-electron chi connectivity index (χ1n) is 17.2. The summed E-state index contributed by atoms with van der Waals surface area (Å²) < 4.78 is 9.65. The van der Waals surface area contributed by atoms with E-state index in [1.165, 1.54) is 66.4 Å². The van der Waals surface area contributed by atoms with Gasteiger partial charge in [-0.15, -0.1) is 0 Å². The maximum Gasteiger partial charge on any atom is 0.333 e. The van der Waals surface area contributed by atoms with Crippen molar-refractivity contribution >= 4 is 78.6 Å². The van der Waals surface area contributed by atoms with Crippen LogP contribution in [0.15, 0.2) is 120 Å². The highest BCUT2D eigenvalue weighted by molar-refractivity contribution is 6.90. The molecule has 0 aliphatic carbocycles. The maximum absolute atomic E-state index is 6.99. The van der Waals surface area contributed by atoms with Crippen LogP contribution in [0.25, 0.3) is 54.9 Å². The summed E-state index contributed by atoms with van der Waals surface area (Å²) in [4.78, 5) is 2.56. The summed E-state index contributed by atoms with van der Waals surface area (Å²) in [5, 5.41) is 4.92. The van der Waals surface area contributed by atoms with E-state index in [4.69, 9.17) is 4.42 Å². The number of furan rings is 1. The molecular weight excluding hydrogens is 583 g/mol. The van der Waals surface area contributed by atoms with Crippen molar-refractivity contribution in [2.75, 3.05) is 4.90 Å². The highest BCUT2D eigenvalue weighted by Crippen LogP contribution is 2.51. The molecular formula is C44H37BN2O. The summed E-state index contributed by atoms with van der Waals surface area (Å²) in [5.74, 6) is 0. The fraction of sp³-hybridized carbons (Fsp3) is 0.182. The van der Waals surface area contributed by atoms with Gasteiger partial charge in [-0.25, -0.2) is 0 Å². The van der Waals surface area contributed by atoms with Gasteiger partial charge in [0.15, 0.2) is 5.58 Å². The molecule has 6 aromatic carbocycles. The smallest absolute Gasteiger partial charge is 0.333 e. The Bertz CT molecular complexity index is 2660. The van der Waals surface area contributed by atoms with Crippen molar-refractivity contribution in [3.8, 4) is 11.1 Å². The van der Waals surface area contributed by atoms with Crippen molar-refractivity contribution in [1.82, 2.24) is 4.48 Å². The van der Waals surface area contributed by atoms with Crippen LogP contribution in [0.1, 0.15) is 52.7 Å². The van der Waals surface area contributed by atoms with Crippen molar-refractivity contribution in [3.05, 3.63) is 126 Å². The van der Waals surface area contributed by atoms with Crippen LogP contribution in [-0.4, -0.2) is 11.3 Å². The van der Waals surface area contributed by atoms with E-state index in [9.17, 15) is 0 Å². The summed E-state index contributed by atoms with van der Waals surface area (Å²) in [6.45, 7) is 14.0. The number of nitrogens with zero attached hydrogens (tertiary/aromatic N) is 2. The van der Waals surface area contributed by atoms with E-state index in [1.54, 1.807) is 0 Å². The molecule has 232 valence electrons. The summed E-state index contributed by atoms with van der Waals surface area (Å²) in [7, 11) is 0. The topological polar surface area (TPSA) is 21.3 Å². The van der Waals surface area contributed by atoms with Crippen LogP contribution >= 0.6 is 0 Å². The summed E-state index contributed by atoms with van der Waals surface area (Å²) in [6.07, 6.45) is 0. The van der Waals surface area contributed by atoms with Gasteiger partial charge < -0.3 is 13.8 Å². The molecule has 2 aliphatic heterocycles. The predicted octanol–water partition coefficient (Wildman–Crippen LogP) is 10.7. The molecule has 2 aliphatic rings. The number of anilines is 3. The third kappa shape index (κ3) is 3.50. The Morgan fingerprint density at radius 1 is 0.542 bits per heavy atom. The van der Waals surface area contributed by atoms with E-state index < -0.39 is 0 Å². The number of benzene rings is 6. The molecule has 0 unspecified atom stereocenters. The first-order chi connectivity index (χ1) is 23.1. The molecule has 0 amide bonds. The Balaban J connectivity index is 1.49. The Kier molecular flexibility index (Phi) is 5.36. The molecule has 4 heterocycles. The fourth-order valence-corrected chi connectivity index (χ4v) is 8.88.